The second-order valence-corrected chi connectivity index (χ2v) is 4.85. The normalized spacial score (nSPS) is 18.7. The Hall–Kier alpha value is -1.91. The molecule has 1 atom stereocenters. The number of nitrogens with zero attached hydrogens (tertiary/aromatic N) is 1. The van der Waals surface area contributed by atoms with Crippen LogP contribution in [0.15, 0.2) is 24.3 Å². The number of halogens is 1. The maximum absolute atomic E-state index is 13.2. The number of rotatable bonds is 3. The van der Waals surface area contributed by atoms with Crippen LogP contribution in [-0.2, 0) is 9.53 Å². The summed E-state index contributed by atoms with van der Waals surface area (Å²) in [5, 5.41) is 0. The summed E-state index contributed by atoms with van der Waals surface area (Å²) < 4.78 is 18.2. The lowest BCUT2D eigenvalue weighted by Gasteiger charge is -2.31. The molecule has 5 heteroatoms. The van der Waals surface area contributed by atoms with E-state index in [0.717, 1.165) is 12.8 Å². The van der Waals surface area contributed by atoms with Crippen LogP contribution in [-0.4, -0.2) is 36.5 Å². The molecule has 0 aliphatic carbocycles. The van der Waals surface area contributed by atoms with Crippen LogP contribution in [0.25, 0.3) is 0 Å². The number of amides is 1. The molecule has 0 unspecified atom stereocenters. The number of benzene rings is 1. The van der Waals surface area contributed by atoms with Gasteiger partial charge < -0.3 is 9.64 Å². The van der Waals surface area contributed by atoms with Crippen molar-refractivity contribution in [1.82, 2.24) is 4.90 Å². The zero-order valence-corrected chi connectivity index (χ0v) is 11.5. The maximum atomic E-state index is 13.2. The molecule has 1 saturated heterocycles. The number of hydrogen-bond acceptors (Lipinski definition) is 3. The number of likely N-dealkylation sites (tertiary alicyclic amines) is 1. The van der Waals surface area contributed by atoms with Gasteiger partial charge in [0.25, 0.3) is 5.91 Å². The minimum atomic E-state index is -0.435. The van der Waals surface area contributed by atoms with E-state index < -0.39 is 5.82 Å². The van der Waals surface area contributed by atoms with E-state index in [4.69, 9.17) is 4.74 Å². The summed E-state index contributed by atoms with van der Waals surface area (Å²) in [6.07, 6.45) is 1.48. The highest BCUT2D eigenvalue weighted by atomic mass is 19.1. The van der Waals surface area contributed by atoms with Gasteiger partial charge in [-0.2, -0.15) is 0 Å². The van der Waals surface area contributed by atoms with Crippen molar-refractivity contribution < 1.29 is 18.7 Å². The van der Waals surface area contributed by atoms with Gasteiger partial charge in [-0.25, -0.2) is 4.39 Å². The summed E-state index contributed by atoms with van der Waals surface area (Å²) in [4.78, 5) is 25.6. The van der Waals surface area contributed by atoms with Gasteiger partial charge in [-0.15, -0.1) is 0 Å². The average Bonchev–Trinajstić information content (AvgIpc) is 2.47. The molecule has 1 aliphatic rings. The Morgan fingerprint density at radius 3 is 2.95 bits per heavy atom. The summed E-state index contributed by atoms with van der Waals surface area (Å²) >= 11 is 0. The van der Waals surface area contributed by atoms with Gasteiger partial charge in [0, 0.05) is 18.7 Å². The molecule has 0 aromatic heterocycles. The minimum Gasteiger partial charge on any atom is -0.466 e. The van der Waals surface area contributed by atoms with Gasteiger partial charge in [-0.05, 0) is 38.0 Å². The van der Waals surface area contributed by atoms with Crippen molar-refractivity contribution >= 4 is 11.9 Å². The molecular weight excluding hydrogens is 261 g/mol. The fourth-order valence-electron chi connectivity index (χ4n) is 2.42. The van der Waals surface area contributed by atoms with Crippen LogP contribution in [0.2, 0.25) is 0 Å². The third-order valence-corrected chi connectivity index (χ3v) is 3.40. The molecule has 0 spiro atoms. The van der Waals surface area contributed by atoms with Crippen molar-refractivity contribution in [1.29, 1.82) is 0 Å². The van der Waals surface area contributed by atoms with Gasteiger partial charge >= 0.3 is 5.97 Å². The van der Waals surface area contributed by atoms with Crippen LogP contribution in [0.3, 0.4) is 0 Å². The van der Waals surface area contributed by atoms with Gasteiger partial charge in [0.1, 0.15) is 5.82 Å². The van der Waals surface area contributed by atoms with Crippen LogP contribution < -0.4 is 0 Å². The minimum absolute atomic E-state index is 0.238. The smallest absolute Gasteiger partial charge is 0.310 e. The van der Waals surface area contributed by atoms with Crippen molar-refractivity contribution in [2.24, 2.45) is 5.92 Å². The number of carbonyl (C=O) groups is 2. The van der Waals surface area contributed by atoms with Crippen LogP contribution in [0.4, 0.5) is 4.39 Å². The Labute approximate surface area is 117 Å². The molecule has 1 fully saturated rings. The van der Waals surface area contributed by atoms with Gasteiger partial charge in [-0.1, -0.05) is 6.07 Å². The number of ether oxygens (including phenoxy) is 1. The van der Waals surface area contributed by atoms with E-state index in [1.54, 1.807) is 17.9 Å². The zero-order valence-electron chi connectivity index (χ0n) is 11.5. The summed E-state index contributed by atoms with van der Waals surface area (Å²) in [5.41, 5.74) is 0.314. The van der Waals surface area contributed by atoms with E-state index in [-0.39, 0.29) is 17.8 Å². The fourth-order valence-corrected chi connectivity index (χ4v) is 2.42. The molecule has 0 radical (unpaired) electrons. The lowest BCUT2D eigenvalue weighted by Crippen LogP contribution is -2.42. The summed E-state index contributed by atoms with van der Waals surface area (Å²) in [6, 6.07) is 5.61. The predicted octanol–water partition coefficient (Wildman–Crippen LogP) is 2.24. The Morgan fingerprint density at radius 1 is 1.45 bits per heavy atom. The molecule has 4 nitrogen and oxygen atoms in total. The van der Waals surface area contributed by atoms with E-state index in [9.17, 15) is 14.0 Å². The predicted molar refractivity (Wildman–Crippen MR) is 71.7 cm³/mol. The molecule has 20 heavy (non-hydrogen) atoms. The topological polar surface area (TPSA) is 46.6 Å². The molecule has 1 aliphatic heterocycles. The SMILES string of the molecule is CCOC(=O)[C@H]1CCCN(C(=O)c2cccc(F)c2)C1. The quantitative estimate of drug-likeness (QED) is 0.797. The third kappa shape index (κ3) is 3.35. The zero-order chi connectivity index (χ0) is 14.5. The fraction of sp³-hybridized carbons (Fsp3) is 0.467. The summed E-state index contributed by atoms with van der Waals surface area (Å²) in [5.74, 6) is -1.21. The molecule has 0 saturated carbocycles. The molecule has 1 aromatic rings. The van der Waals surface area contributed by atoms with Crippen LogP contribution in [0.1, 0.15) is 30.1 Å². The van der Waals surface area contributed by atoms with Gasteiger partial charge in [-0.3, -0.25) is 9.59 Å². The second kappa shape index (κ2) is 6.50. The van der Waals surface area contributed by atoms with Crippen molar-refractivity contribution in [3.63, 3.8) is 0 Å². The highest BCUT2D eigenvalue weighted by Gasteiger charge is 2.29. The number of hydrogen-bond donors (Lipinski definition) is 0. The Balaban J connectivity index is 2.05. The van der Waals surface area contributed by atoms with Crippen molar-refractivity contribution in [2.75, 3.05) is 19.7 Å². The van der Waals surface area contributed by atoms with Crippen LogP contribution in [0.5, 0.6) is 0 Å². The molecule has 1 amide bonds. The van der Waals surface area contributed by atoms with E-state index in [1.165, 1.54) is 18.2 Å². The van der Waals surface area contributed by atoms with Crippen LogP contribution >= 0.6 is 0 Å². The molecule has 0 N–H and O–H groups in total. The first-order chi connectivity index (χ1) is 9.61. The maximum Gasteiger partial charge on any atom is 0.310 e. The third-order valence-electron chi connectivity index (χ3n) is 3.40. The van der Waals surface area contributed by atoms with Gasteiger partial charge in [0.05, 0.1) is 12.5 Å². The first-order valence-electron chi connectivity index (χ1n) is 6.83. The molecule has 0 bridgehead atoms. The van der Waals surface area contributed by atoms with Crippen molar-refractivity contribution in [3.8, 4) is 0 Å². The standard InChI is InChI=1S/C15H18FNO3/c1-2-20-15(19)12-6-4-8-17(10-12)14(18)11-5-3-7-13(16)9-11/h3,5,7,9,12H,2,4,6,8,10H2,1H3/t12-/m0/s1. The average molecular weight is 279 g/mol. The van der Waals surface area contributed by atoms with E-state index in [0.29, 0.717) is 25.3 Å². The Morgan fingerprint density at radius 2 is 2.25 bits per heavy atom. The van der Waals surface area contributed by atoms with Crippen LogP contribution in [0, 0.1) is 11.7 Å². The van der Waals surface area contributed by atoms with E-state index in [1.807, 2.05) is 0 Å². The van der Waals surface area contributed by atoms with Gasteiger partial charge in [0.2, 0.25) is 0 Å². The molecule has 108 valence electrons. The highest BCUT2D eigenvalue weighted by Crippen LogP contribution is 2.20. The summed E-state index contributed by atoms with van der Waals surface area (Å²) in [6.45, 7) is 3.03. The lowest BCUT2D eigenvalue weighted by molar-refractivity contribution is -0.149. The van der Waals surface area contributed by atoms with Gasteiger partial charge in [0.15, 0.2) is 0 Å². The molecule has 1 aromatic carbocycles. The molecular formula is C15H18FNO3. The first-order valence-corrected chi connectivity index (χ1v) is 6.83. The van der Waals surface area contributed by atoms with Crippen molar-refractivity contribution in [2.45, 2.75) is 19.8 Å². The number of carbonyl (C=O) groups excluding carboxylic acids is 2. The Kier molecular flexibility index (Phi) is 4.71. The molecule has 2 rings (SSSR count). The monoisotopic (exact) mass is 279 g/mol. The highest BCUT2D eigenvalue weighted by molar-refractivity contribution is 5.94. The number of piperidine rings is 1. The number of esters is 1. The van der Waals surface area contributed by atoms with E-state index >= 15 is 0 Å². The largest absolute Gasteiger partial charge is 0.466 e. The van der Waals surface area contributed by atoms with Crippen molar-refractivity contribution in [3.05, 3.63) is 35.6 Å². The Bertz CT molecular complexity index is 504. The molecule has 1 heterocycles. The first kappa shape index (κ1) is 14.5. The second-order valence-electron chi connectivity index (χ2n) is 4.85. The lowest BCUT2D eigenvalue weighted by atomic mass is 9.97. The van der Waals surface area contributed by atoms with E-state index in [2.05, 4.69) is 0 Å². The summed E-state index contributed by atoms with van der Waals surface area (Å²) in [7, 11) is 0.